The van der Waals surface area contributed by atoms with Crippen LogP contribution in [0.25, 0.3) is 0 Å². The third kappa shape index (κ3) is 3.56. The van der Waals surface area contributed by atoms with Crippen molar-refractivity contribution in [1.29, 1.82) is 0 Å². The normalized spacial score (nSPS) is 44.2. The molecule has 3 rings (SSSR count). The molecule has 3 aliphatic rings. The van der Waals surface area contributed by atoms with Gasteiger partial charge in [0.25, 0.3) is 0 Å². The molecule has 3 aliphatic carbocycles. The van der Waals surface area contributed by atoms with Crippen LogP contribution in [0.5, 0.6) is 0 Å². The summed E-state index contributed by atoms with van der Waals surface area (Å²) >= 11 is 0. The SMILES string of the molecule is NC1CCC(N=NC2CCC3CCCCC3C2)CC1. The zero-order valence-corrected chi connectivity index (χ0v) is 12.1. The van der Waals surface area contributed by atoms with E-state index in [9.17, 15) is 0 Å². The van der Waals surface area contributed by atoms with Gasteiger partial charge in [-0.15, -0.1) is 0 Å². The lowest BCUT2D eigenvalue weighted by Gasteiger charge is -2.37. The fourth-order valence-corrected chi connectivity index (χ4v) is 4.36. The van der Waals surface area contributed by atoms with Crippen LogP contribution in [0.15, 0.2) is 10.2 Å². The van der Waals surface area contributed by atoms with E-state index in [0.29, 0.717) is 18.1 Å². The molecule has 19 heavy (non-hydrogen) atoms. The highest BCUT2D eigenvalue weighted by molar-refractivity contribution is 4.86. The molecule has 3 nitrogen and oxygen atoms in total. The summed E-state index contributed by atoms with van der Waals surface area (Å²) in [5.74, 6) is 1.99. The predicted octanol–water partition coefficient (Wildman–Crippen LogP) is 4.07. The molecule has 3 fully saturated rings. The molecular formula is C16H29N3. The molecule has 0 heterocycles. The second-order valence-electron chi connectivity index (χ2n) is 7.07. The van der Waals surface area contributed by atoms with Gasteiger partial charge in [0.05, 0.1) is 12.1 Å². The van der Waals surface area contributed by atoms with Gasteiger partial charge >= 0.3 is 0 Å². The molecule has 3 unspecified atom stereocenters. The maximum absolute atomic E-state index is 5.94. The van der Waals surface area contributed by atoms with E-state index in [0.717, 1.165) is 37.5 Å². The van der Waals surface area contributed by atoms with Crippen molar-refractivity contribution in [3.63, 3.8) is 0 Å². The molecule has 0 aliphatic heterocycles. The first-order valence-corrected chi connectivity index (χ1v) is 8.47. The van der Waals surface area contributed by atoms with Crippen LogP contribution in [0.1, 0.15) is 70.6 Å². The van der Waals surface area contributed by atoms with Gasteiger partial charge in [0.1, 0.15) is 0 Å². The van der Waals surface area contributed by atoms with Gasteiger partial charge in [-0.2, -0.15) is 10.2 Å². The summed E-state index contributed by atoms with van der Waals surface area (Å²) in [6.07, 6.45) is 14.5. The Morgan fingerprint density at radius 3 is 2.05 bits per heavy atom. The largest absolute Gasteiger partial charge is 0.328 e. The van der Waals surface area contributed by atoms with Crippen LogP contribution in [0, 0.1) is 11.8 Å². The maximum atomic E-state index is 5.94. The Balaban J connectivity index is 1.47. The Labute approximate surface area is 117 Å². The molecule has 0 aromatic heterocycles. The van der Waals surface area contributed by atoms with Gasteiger partial charge in [-0.3, -0.25) is 0 Å². The topological polar surface area (TPSA) is 50.7 Å². The molecule has 0 aromatic carbocycles. The molecule has 0 saturated heterocycles. The van der Waals surface area contributed by atoms with Crippen LogP contribution < -0.4 is 5.73 Å². The number of azo groups is 1. The second-order valence-corrected chi connectivity index (χ2v) is 7.07. The van der Waals surface area contributed by atoms with Gasteiger partial charge in [-0.25, -0.2) is 0 Å². The van der Waals surface area contributed by atoms with Gasteiger partial charge < -0.3 is 5.73 Å². The summed E-state index contributed by atoms with van der Waals surface area (Å²) < 4.78 is 0. The molecule has 108 valence electrons. The fourth-order valence-electron chi connectivity index (χ4n) is 4.36. The molecule has 3 saturated carbocycles. The van der Waals surface area contributed by atoms with Gasteiger partial charge in [0, 0.05) is 6.04 Å². The van der Waals surface area contributed by atoms with Crippen LogP contribution >= 0.6 is 0 Å². The van der Waals surface area contributed by atoms with Crippen molar-refractivity contribution in [2.75, 3.05) is 0 Å². The van der Waals surface area contributed by atoms with Crippen LogP contribution in [-0.4, -0.2) is 18.1 Å². The van der Waals surface area contributed by atoms with Crippen LogP contribution in [0.2, 0.25) is 0 Å². The predicted molar refractivity (Wildman–Crippen MR) is 78.2 cm³/mol. The standard InChI is InChI=1S/C16H29N3/c17-14-6-9-15(10-7-14)18-19-16-8-5-12-3-1-2-4-13(12)11-16/h12-16H,1-11,17H2. The molecule has 0 amide bonds. The zero-order chi connectivity index (χ0) is 13.1. The maximum Gasteiger partial charge on any atom is 0.0711 e. The van der Waals surface area contributed by atoms with Crippen molar-refractivity contribution >= 4 is 0 Å². The van der Waals surface area contributed by atoms with Crippen molar-refractivity contribution in [2.24, 2.45) is 27.8 Å². The third-order valence-electron chi connectivity index (χ3n) is 5.65. The highest BCUT2D eigenvalue weighted by atomic mass is 15.1. The second kappa shape index (κ2) is 6.34. The highest BCUT2D eigenvalue weighted by Gasteiger charge is 2.32. The molecule has 0 spiro atoms. The minimum absolute atomic E-state index is 0.420. The number of hydrogen-bond donors (Lipinski definition) is 1. The van der Waals surface area contributed by atoms with Crippen molar-refractivity contribution in [1.82, 2.24) is 0 Å². The zero-order valence-electron chi connectivity index (χ0n) is 12.1. The van der Waals surface area contributed by atoms with Crippen molar-refractivity contribution in [2.45, 2.75) is 88.8 Å². The Morgan fingerprint density at radius 2 is 1.26 bits per heavy atom. The molecule has 3 heteroatoms. The van der Waals surface area contributed by atoms with E-state index in [1.807, 2.05) is 0 Å². The molecule has 0 radical (unpaired) electrons. The van der Waals surface area contributed by atoms with Crippen LogP contribution in [0.3, 0.4) is 0 Å². The Morgan fingerprint density at radius 1 is 0.632 bits per heavy atom. The van der Waals surface area contributed by atoms with E-state index in [4.69, 9.17) is 10.8 Å². The number of hydrogen-bond acceptors (Lipinski definition) is 3. The quantitative estimate of drug-likeness (QED) is 0.750. The summed E-state index contributed by atoms with van der Waals surface area (Å²) in [5.41, 5.74) is 5.94. The van der Waals surface area contributed by atoms with E-state index in [1.54, 1.807) is 0 Å². The minimum Gasteiger partial charge on any atom is -0.328 e. The van der Waals surface area contributed by atoms with Crippen LogP contribution in [-0.2, 0) is 0 Å². The molecule has 0 aromatic rings. The smallest absolute Gasteiger partial charge is 0.0711 e. The molecular weight excluding hydrogens is 234 g/mol. The summed E-state index contributed by atoms with van der Waals surface area (Å²) in [7, 11) is 0. The first-order valence-electron chi connectivity index (χ1n) is 8.47. The fraction of sp³-hybridized carbons (Fsp3) is 1.00. The number of rotatable bonds is 2. The molecule has 2 N–H and O–H groups in total. The number of fused-ring (bicyclic) bond motifs is 1. The summed E-state index contributed by atoms with van der Waals surface area (Å²) in [4.78, 5) is 0. The molecule has 3 atom stereocenters. The number of nitrogens with two attached hydrogens (primary N) is 1. The minimum atomic E-state index is 0.420. The van der Waals surface area contributed by atoms with Gasteiger partial charge in [0.15, 0.2) is 0 Å². The molecule has 0 bridgehead atoms. The van der Waals surface area contributed by atoms with E-state index < -0.39 is 0 Å². The first-order chi connectivity index (χ1) is 9.31. The highest BCUT2D eigenvalue weighted by Crippen LogP contribution is 2.41. The average Bonchev–Trinajstić information content (AvgIpc) is 2.46. The lowest BCUT2D eigenvalue weighted by Crippen LogP contribution is -2.30. The monoisotopic (exact) mass is 263 g/mol. The van der Waals surface area contributed by atoms with Crippen molar-refractivity contribution in [3.8, 4) is 0 Å². The first kappa shape index (κ1) is 13.5. The summed E-state index contributed by atoms with van der Waals surface area (Å²) in [5, 5.41) is 9.36. The van der Waals surface area contributed by atoms with Gasteiger partial charge in [-0.05, 0) is 56.8 Å². The summed E-state index contributed by atoms with van der Waals surface area (Å²) in [6, 6.07) is 1.43. The lowest BCUT2D eigenvalue weighted by molar-refractivity contribution is 0.154. The van der Waals surface area contributed by atoms with E-state index >= 15 is 0 Å². The Kier molecular flexibility index (Phi) is 4.52. The Hall–Kier alpha value is -0.440. The van der Waals surface area contributed by atoms with E-state index in [-0.39, 0.29) is 0 Å². The summed E-state index contributed by atoms with van der Waals surface area (Å²) in [6.45, 7) is 0. The van der Waals surface area contributed by atoms with Gasteiger partial charge in [-0.1, -0.05) is 25.7 Å². The van der Waals surface area contributed by atoms with E-state index in [2.05, 4.69) is 5.11 Å². The van der Waals surface area contributed by atoms with Crippen LogP contribution in [0.4, 0.5) is 0 Å². The lowest BCUT2D eigenvalue weighted by atomic mass is 9.69. The van der Waals surface area contributed by atoms with Crippen molar-refractivity contribution < 1.29 is 0 Å². The van der Waals surface area contributed by atoms with Crippen molar-refractivity contribution in [3.05, 3.63) is 0 Å². The third-order valence-corrected chi connectivity index (χ3v) is 5.65. The average molecular weight is 263 g/mol. The number of nitrogens with zero attached hydrogens (tertiary/aromatic N) is 2. The van der Waals surface area contributed by atoms with Gasteiger partial charge in [0.2, 0.25) is 0 Å². The van der Waals surface area contributed by atoms with E-state index in [1.165, 1.54) is 44.9 Å². The Bertz CT molecular complexity index is 307.